The molecule has 0 bridgehead atoms. The molecule has 20 heavy (non-hydrogen) atoms. The first kappa shape index (κ1) is 13.1. The number of ketones is 1. The first-order chi connectivity index (χ1) is 9.50. The second-order valence-electron chi connectivity index (χ2n) is 5.09. The van der Waals surface area contributed by atoms with E-state index in [1.165, 1.54) is 4.90 Å². The number of carbonyl (C=O) groups is 3. The van der Waals surface area contributed by atoms with Crippen LogP contribution >= 0.6 is 11.6 Å². The van der Waals surface area contributed by atoms with E-state index in [1.807, 2.05) is 0 Å². The summed E-state index contributed by atoms with van der Waals surface area (Å²) in [5.74, 6) is -1.50. The smallest absolute Gasteiger partial charge is 0.300 e. The van der Waals surface area contributed by atoms with Crippen molar-refractivity contribution in [2.75, 3.05) is 18.5 Å². The van der Waals surface area contributed by atoms with Gasteiger partial charge in [0.25, 0.3) is 11.7 Å². The van der Waals surface area contributed by atoms with Crippen LogP contribution in [-0.4, -0.2) is 42.1 Å². The predicted octanol–water partition coefficient (Wildman–Crippen LogP) is 1.49. The van der Waals surface area contributed by atoms with E-state index in [1.54, 1.807) is 30.1 Å². The number of hydrogen-bond acceptors (Lipinski definition) is 3. The Balaban J connectivity index is 1.88. The highest BCUT2D eigenvalue weighted by Gasteiger charge is 2.39. The zero-order valence-electron chi connectivity index (χ0n) is 10.9. The van der Waals surface area contributed by atoms with Crippen molar-refractivity contribution >= 4 is 34.9 Å². The molecule has 3 rings (SSSR count). The Morgan fingerprint density at radius 2 is 2.10 bits per heavy atom. The van der Waals surface area contributed by atoms with Crippen molar-refractivity contribution in [1.29, 1.82) is 0 Å². The average Bonchev–Trinajstić information content (AvgIpc) is 3.23. The monoisotopic (exact) mass is 292 g/mol. The van der Waals surface area contributed by atoms with Crippen LogP contribution in [0, 0.1) is 0 Å². The first-order valence-electron chi connectivity index (χ1n) is 6.41. The molecule has 0 unspecified atom stereocenters. The van der Waals surface area contributed by atoms with Crippen molar-refractivity contribution in [3.8, 4) is 0 Å². The zero-order chi connectivity index (χ0) is 14.4. The highest BCUT2D eigenvalue weighted by molar-refractivity contribution is 6.55. The standard InChI is InChI=1S/C14H13ClN2O3/c1-16(8-5-6-8)11(18)7-17-10-4-2-3-9(15)12(10)13(19)14(17)20/h2-4,8H,5-7H2,1H3. The molecular formula is C14H13ClN2O3. The number of hydrogen-bond donors (Lipinski definition) is 0. The normalized spacial score (nSPS) is 17.4. The number of fused-ring (bicyclic) bond motifs is 1. The second-order valence-corrected chi connectivity index (χ2v) is 5.50. The maximum absolute atomic E-state index is 12.1. The van der Waals surface area contributed by atoms with Gasteiger partial charge in [-0.3, -0.25) is 19.3 Å². The van der Waals surface area contributed by atoms with E-state index in [2.05, 4.69) is 0 Å². The van der Waals surface area contributed by atoms with E-state index in [-0.39, 0.29) is 29.1 Å². The summed E-state index contributed by atoms with van der Waals surface area (Å²) in [6.07, 6.45) is 2.00. The molecule has 0 radical (unpaired) electrons. The summed E-state index contributed by atoms with van der Waals surface area (Å²) in [7, 11) is 1.72. The van der Waals surface area contributed by atoms with Gasteiger partial charge in [-0.2, -0.15) is 0 Å². The molecular weight excluding hydrogens is 280 g/mol. The van der Waals surface area contributed by atoms with Gasteiger partial charge in [0, 0.05) is 13.1 Å². The lowest BCUT2D eigenvalue weighted by Gasteiger charge is -2.21. The van der Waals surface area contributed by atoms with Crippen LogP contribution in [0.15, 0.2) is 18.2 Å². The molecule has 1 aliphatic carbocycles. The maximum Gasteiger partial charge on any atom is 0.300 e. The molecule has 1 aromatic carbocycles. The van der Waals surface area contributed by atoms with Gasteiger partial charge in [-0.15, -0.1) is 0 Å². The van der Waals surface area contributed by atoms with Crippen LogP contribution in [0.5, 0.6) is 0 Å². The predicted molar refractivity (Wildman–Crippen MR) is 73.9 cm³/mol. The fraction of sp³-hybridized carbons (Fsp3) is 0.357. The number of halogens is 1. The lowest BCUT2D eigenvalue weighted by atomic mass is 10.1. The van der Waals surface area contributed by atoms with Crippen LogP contribution in [0.1, 0.15) is 23.2 Å². The number of Topliss-reactive ketones (excluding diaryl/α,β-unsaturated/α-hetero) is 1. The van der Waals surface area contributed by atoms with Crippen molar-refractivity contribution in [3.63, 3.8) is 0 Å². The fourth-order valence-electron chi connectivity index (χ4n) is 2.37. The summed E-state index contributed by atoms with van der Waals surface area (Å²) in [5.41, 5.74) is 0.617. The summed E-state index contributed by atoms with van der Waals surface area (Å²) in [6.45, 7) is -0.120. The zero-order valence-corrected chi connectivity index (χ0v) is 11.7. The van der Waals surface area contributed by atoms with Gasteiger partial charge in [0.05, 0.1) is 16.3 Å². The molecule has 1 aliphatic heterocycles. The third-order valence-corrected chi connectivity index (χ3v) is 4.05. The third-order valence-electron chi connectivity index (χ3n) is 3.73. The van der Waals surface area contributed by atoms with Crippen LogP contribution in [-0.2, 0) is 9.59 Å². The minimum absolute atomic E-state index is 0.120. The van der Waals surface area contributed by atoms with Gasteiger partial charge in [-0.25, -0.2) is 0 Å². The molecule has 6 heteroatoms. The Bertz CT molecular complexity index is 625. The number of amides is 2. The van der Waals surface area contributed by atoms with Gasteiger partial charge >= 0.3 is 0 Å². The van der Waals surface area contributed by atoms with Crippen LogP contribution in [0.2, 0.25) is 5.02 Å². The van der Waals surface area contributed by atoms with Gasteiger partial charge in [-0.1, -0.05) is 17.7 Å². The summed E-state index contributed by atoms with van der Waals surface area (Å²) in [5, 5.41) is 0.242. The molecule has 2 aliphatic rings. The number of likely N-dealkylation sites (N-methyl/N-ethyl adjacent to an activating group) is 1. The molecule has 5 nitrogen and oxygen atoms in total. The quantitative estimate of drug-likeness (QED) is 0.793. The van der Waals surface area contributed by atoms with Crippen molar-refractivity contribution < 1.29 is 14.4 Å². The first-order valence-corrected chi connectivity index (χ1v) is 6.79. The molecule has 1 fully saturated rings. The number of benzene rings is 1. The number of carbonyl (C=O) groups excluding carboxylic acids is 3. The lowest BCUT2D eigenvalue weighted by Crippen LogP contribution is -2.41. The molecule has 0 atom stereocenters. The molecule has 0 saturated heterocycles. The summed E-state index contributed by atoms with van der Waals surface area (Å²) < 4.78 is 0. The van der Waals surface area contributed by atoms with Gasteiger partial charge in [0.2, 0.25) is 5.91 Å². The molecule has 1 heterocycles. The van der Waals surface area contributed by atoms with Gasteiger partial charge in [-0.05, 0) is 25.0 Å². The van der Waals surface area contributed by atoms with E-state index in [4.69, 9.17) is 11.6 Å². The van der Waals surface area contributed by atoms with Crippen molar-refractivity contribution in [2.45, 2.75) is 18.9 Å². The topological polar surface area (TPSA) is 57.7 Å². The Morgan fingerprint density at radius 1 is 1.40 bits per heavy atom. The molecule has 0 aromatic heterocycles. The largest absolute Gasteiger partial charge is 0.341 e. The van der Waals surface area contributed by atoms with Crippen LogP contribution in [0.3, 0.4) is 0 Å². The molecule has 1 aromatic rings. The molecule has 2 amide bonds. The molecule has 104 valence electrons. The number of anilines is 1. The van der Waals surface area contributed by atoms with E-state index >= 15 is 0 Å². The Hall–Kier alpha value is -1.88. The van der Waals surface area contributed by atoms with Crippen molar-refractivity contribution in [3.05, 3.63) is 28.8 Å². The highest BCUT2D eigenvalue weighted by Crippen LogP contribution is 2.34. The van der Waals surface area contributed by atoms with E-state index in [0.29, 0.717) is 5.69 Å². The Morgan fingerprint density at radius 3 is 2.75 bits per heavy atom. The second kappa shape index (κ2) is 4.59. The van der Waals surface area contributed by atoms with Gasteiger partial charge in [0.15, 0.2) is 0 Å². The van der Waals surface area contributed by atoms with E-state index < -0.39 is 11.7 Å². The Labute approximate surface area is 121 Å². The van der Waals surface area contributed by atoms with Crippen LogP contribution in [0.4, 0.5) is 5.69 Å². The molecule has 0 N–H and O–H groups in total. The average molecular weight is 293 g/mol. The third kappa shape index (κ3) is 1.98. The van der Waals surface area contributed by atoms with Crippen molar-refractivity contribution in [2.24, 2.45) is 0 Å². The molecule has 1 saturated carbocycles. The number of nitrogens with zero attached hydrogens (tertiary/aromatic N) is 2. The van der Waals surface area contributed by atoms with Crippen molar-refractivity contribution in [1.82, 2.24) is 4.90 Å². The number of rotatable bonds is 3. The minimum Gasteiger partial charge on any atom is -0.341 e. The van der Waals surface area contributed by atoms with E-state index in [9.17, 15) is 14.4 Å². The highest BCUT2D eigenvalue weighted by atomic mass is 35.5. The van der Waals surface area contributed by atoms with Crippen LogP contribution < -0.4 is 4.90 Å². The van der Waals surface area contributed by atoms with Gasteiger partial charge < -0.3 is 4.90 Å². The maximum atomic E-state index is 12.1. The van der Waals surface area contributed by atoms with Crippen LogP contribution in [0.25, 0.3) is 0 Å². The lowest BCUT2D eigenvalue weighted by molar-refractivity contribution is -0.130. The van der Waals surface area contributed by atoms with Gasteiger partial charge in [0.1, 0.15) is 6.54 Å². The fourth-order valence-corrected chi connectivity index (χ4v) is 2.63. The summed E-state index contributed by atoms with van der Waals surface area (Å²) in [4.78, 5) is 38.9. The Kier molecular flexibility index (Phi) is 3.01. The minimum atomic E-state index is -0.689. The summed E-state index contributed by atoms with van der Waals surface area (Å²) >= 11 is 5.96. The SMILES string of the molecule is CN(C(=O)CN1C(=O)C(=O)c2c(Cl)cccc21)C1CC1. The summed E-state index contributed by atoms with van der Waals surface area (Å²) in [6, 6.07) is 5.13. The van der Waals surface area contributed by atoms with E-state index in [0.717, 1.165) is 12.8 Å². The molecule has 0 spiro atoms.